The molecule has 1 N–H and O–H groups in total. The van der Waals surface area contributed by atoms with Crippen LogP contribution >= 0.6 is 0 Å². The van der Waals surface area contributed by atoms with Crippen molar-refractivity contribution in [3.63, 3.8) is 0 Å². The number of halogens is 4. The fourth-order valence-electron chi connectivity index (χ4n) is 4.38. The van der Waals surface area contributed by atoms with Crippen LogP contribution in [0.1, 0.15) is 33.2 Å². The third kappa shape index (κ3) is 4.76. The number of amides is 2. The zero-order chi connectivity index (χ0) is 26.8. The lowest BCUT2D eigenvalue weighted by molar-refractivity contribution is -0.189. The van der Waals surface area contributed by atoms with Gasteiger partial charge in [-0.1, -0.05) is 60.7 Å². The molecule has 0 fully saturated rings. The summed E-state index contributed by atoms with van der Waals surface area (Å²) in [6, 6.07) is 19.9. The molecule has 9 heteroatoms. The maximum atomic E-state index is 14.9. The molecule has 0 radical (unpaired) electrons. The van der Waals surface area contributed by atoms with Gasteiger partial charge in [0, 0.05) is 23.4 Å². The fraction of sp³-hybridized carbons (Fsp3) is 0.179. The highest BCUT2D eigenvalue weighted by Gasteiger charge is 2.70. The van der Waals surface area contributed by atoms with Gasteiger partial charge in [0.15, 0.2) is 5.78 Å². The van der Waals surface area contributed by atoms with Gasteiger partial charge < -0.3 is 10.2 Å². The van der Waals surface area contributed by atoms with Crippen molar-refractivity contribution in [2.24, 2.45) is 0 Å². The van der Waals surface area contributed by atoms with Crippen LogP contribution in [0.15, 0.2) is 96.2 Å². The van der Waals surface area contributed by atoms with Crippen LogP contribution < -0.4 is 5.32 Å². The minimum absolute atomic E-state index is 0.0702. The zero-order valence-corrected chi connectivity index (χ0v) is 19.7. The van der Waals surface area contributed by atoms with E-state index in [-0.39, 0.29) is 29.8 Å². The van der Waals surface area contributed by atoms with Gasteiger partial charge in [0.25, 0.3) is 11.8 Å². The van der Waals surface area contributed by atoms with E-state index in [1.807, 2.05) is 5.32 Å². The van der Waals surface area contributed by atoms with Crippen LogP contribution in [0, 0.1) is 5.82 Å². The van der Waals surface area contributed by atoms with Gasteiger partial charge in [-0.15, -0.1) is 0 Å². The summed E-state index contributed by atoms with van der Waals surface area (Å²) in [4.78, 5) is 41.0. The minimum Gasteiger partial charge on any atom is -0.326 e. The third-order valence-electron chi connectivity index (χ3n) is 6.27. The highest BCUT2D eigenvalue weighted by Crippen LogP contribution is 2.46. The van der Waals surface area contributed by atoms with Crippen LogP contribution in [-0.2, 0) is 11.2 Å². The van der Waals surface area contributed by atoms with Crippen molar-refractivity contribution in [1.29, 1.82) is 0 Å². The van der Waals surface area contributed by atoms with E-state index in [4.69, 9.17) is 0 Å². The molecule has 3 aromatic rings. The van der Waals surface area contributed by atoms with Gasteiger partial charge in [0.1, 0.15) is 5.82 Å². The van der Waals surface area contributed by atoms with Crippen LogP contribution in [0.5, 0.6) is 0 Å². The van der Waals surface area contributed by atoms with Crippen LogP contribution in [0.4, 0.5) is 17.6 Å². The molecule has 0 bridgehead atoms. The Kier molecular flexibility index (Phi) is 6.98. The predicted octanol–water partition coefficient (Wildman–Crippen LogP) is 5.10. The lowest BCUT2D eigenvalue weighted by Crippen LogP contribution is -2.66. The Labute approximate surface area is 210 Å². The summed E-state index contributed by atoms with van der Waals surface area (Å²) < 4.78 is 58.1. The average molecular weight is 510 g/mol. The summed E-state index contributed by atoms with van der Waals surface area (Å²) in [5, 5.41) is 1.82. The molecule has 5 nitrogen and oxygen atoms in total. The Morgan fingerprint density at radius 1 is 0.865 bits per heavy atom. The van der Waals surface area contributed by atoms with Crippen LogP contribution in [0.25, 0.3) is 0 Å². The number of Topliss-reactive ketones (excluding diaryl/α,β-unsaturated/α-hetero) is 1. The van der Waals surface area contributed by atoms with E-state index in [0.29, 0.717) is 0 Å². The summed E-state index contributed by atoms with van der Waals surface area (Å²) in [6.07, 6.45) is -5.15. The minimum atomic E-state index is -5.37. The Hall–Kier alpha value is -4.27. The van der Waals surface area contributed by atoms with E-state index < -0.39 is 40.7 Å². The van der Waals surface area contributed by atoms with Gasteiger partial charge in [-0.05, 0) is 43.2 Å². The second-order valence-electron chi connectivity index (χ2n) is 8.56. The van der Waals surface area contributed by atoms with Gasteiger partial charge in [-0.3, -0.25) is 14.4 Å². The van der Waals surface area contributed by atoms with Gasteiger partial charge in [-0.25, -0.2) is 4.39 Å². The molecule has 0 spiro atoms. The maximum absolute atomic E-state index is 14.9. The number of carbonyl (C=O) groups is 3. The van der Waals surface area contributed by atoms with Gasteiger partial charge in [0.2, 0.25) is 5.54 Å². The second kappa shape index (κ2) is 10.0. The quantitative estimate of drug-likeness (QED) is 0.355. The first-order valence-corrected chi connectivity index (χ1v) is 11.4. The van der Waals surface area contributed by atoms with Crippen molar-refractivity contribution >= 4 is 17.6 Å². The van der Waals surface area contributed by atoms with E-state index in [9.17, 15) is 31.9 Å². The van der Waals surface area contributed by atoms with E-state index in [2.05, 4.69) is 0 Å². The third-order valence-corrected chi connectivity index (χ3v) is 6.27. The van der Waals surface area contributed by atoms with Crippen LogP contribution in [0.2, 0.25) is 0 Å². The van der Waals surface area contributed by atoms with Gasteiger partial charge in [-0.2, -0.15) is 13.2 Å². The van der Waals surface area contributed by atoms with Crippen molar-refractivity contribution < 1.29 is 31.9 Å². The molecule has 1 unspecified atom stereocenters. The molecule has 1 aliphatic rings. The molecule has 37 heavy (non-hydrogen) atoms. The number of benzene rings is 3. The largest absolute Gasteiger partial charge is 0.425 e. The Balaban J connectivity index is 1.83. The average Bonchev–Trinajstić information content (AvgIpc) is 3.10. The number of hydrogen-bond donors (Lipinski definition) is 1. The first kappa shape index (κ1) is 25.8. The lowest BCUT2D eigenvalue weighted by Gasteiger charge is -2.33. The smallest absolute Gasteiger partial charge is 0.326 e. The SMILES string of the molecule is CC1=C(C(=O)c2ccccc2)C(NC(=O)c2ccc(F)cc2)(C(F)(F)F)C(=O)N1CCc1ccccc1. The Morgan fingerprint density at radius 3 is 2.00 bits per heavy atom. The van der Waals surface area contributed by atoms with E-state index >= 15 is 0 Å². The Bertz CT molecular complexity index is 1350. The first-order chi connectivity index (χ1) is 17.6. The number of alkyl halides is 3. The molecule has 3 aromatic carbocycles. The highest BCUT2D eigenvalue weighted by atomic mass is 19.4. The number of allylic oxidation sites excluding steroid dienone is 1. The topological polar surface area (TPSA) is 66.5 Å². The molecule has 1 aliphatic heterocycles. The predicted molar refractivity (Wildman–Crippen MR) is 128 cm³/mol. The molecule has 0 saturated heterocycles. The van der Waals surface area contributed by atoms with Crippen LogP contribution in [0.3, 0.4) is 0 Å². The fourth-order valence-corrected chi connectivity index (χ4v) is 4.38. The van der Waals surface area contributed by atoms with E-state index in [1.165, 1.54) is 31.2 Å². The van der Waals surface area contributed by atoms with Crippen molar-refractivity contribution in [3.05, 3.63) is 119 Å². The lowest BCUT2D eigenvalue weighted by atomic mass is 9.84. The zero-order valence-electron chi connectivity index (χ0n) is 19.7. The Morgan fingerprint density at radius 2 is 1.43 bits per heavy atom. The molecule has 0 aliphatic carbocycles. The molecule has 1 atom stereocenters. The molecule has 2 amide bonds. The second-order valence-corrected chi connectivity index (χ2v) is 8.56. The molecular formula is C28H22F4N2O3. The van der Waals surface area contributed by atoms with Gasteiger partial charge in [0.05, 0.1) is 5.57 Å². The van der Waals surface area contributed by atoms with E-state index in [0.717, 1.165) is 34.7 Å². The normalized spacial score (nSPS) is 17.8. The van der Waals surface area contributed by atoms with Crippen molar-refractivity contribution in [2.75, 3.05) is 6.54 Å². The number of nitrogens with one attached hydrogen (secondary N) is 1. The highest BCUT2D eigenvalue weighted by molar-refractivity contribution is 6.19. The number of carbonyl (C=O) groups excluding carboxylic acids is 3. The first-order valence-electron chi connectivity index (χ1n) is 11.4. The summed E-state index contributed by atoms with van der Waals surface area (Å²) in [5.74, 6) is -4.49. The van der Waals surface area contributed by atoms with Crippen molar-refractivity contribution in [1.82, 2.24) is 10.2 Å². The van der Waals surface area contributed by atoms with Crippen molar-refractivity contribution in [2.45, 2.75) is 25.1 Å². The molecule has 190 valence electrons. The molecule has 1 heterocycles. The van der Waals surface area contributed by atoms with E-state index in [1.54, 1.807) is 36.4 Å². The van der Waals surface area contributed by atoms with Gasteiger partial charge >= 0.3 is 6.18 Å². The summed E-state index contributed by atoms with van der Waals surface area (Å²) in [5.41, 5.74) is -4.30. The molecule has 0 saturated carbocycles. The summed E-state index contributed by atoms with van der Waals surface area (Å²) in [6.45, 7) is 1.11. The molecular weight excluding hydrogens is 488 g/mol. The summed E-state index contributed by atoms with van der Waals surface area (Å²) >= 11 is 0. The van der Waals surface area contributed by atoms with Crippen LogP contribution in [-0.4, -0.2) is 40.8 Å². The molecule has 4 rings (SSSR count). The number of nitrogens with zero attached hydrogens (tertiary/aromatic N) is 1. The number of hydrogen-bond acceptors (Lipinski definition) is 3. The molecule has 0 aromatic heterocycles. The number of rotatable bonds is 7. The standard InChI is InChI=1S/C28H22F4N2O3/c1-18-23(24(35)20-10-6-3-7-11-20)27(28(30,31)32,33-25(36)21-12-14-22(29)15-13-21)26(37)34(18)17-16-19-8-4-2-5-9-19/h2-15H,16-17H2,1H3,(H,33,36). The monoisotopic (exact) mass is 510 g/mol. The van der Waals surface area contributed by atoms with Crippen molar-refractivity contribution in [3.8, 4) is 0 Å². The summed E-state index contributed by atoms with van der Waals surface area (Å²) in [7, 11) is 0. The maximum Gasteiger partial charge on any atom is 0.425 e. The number of ketones is 1.